The molecule has 0 saturated carbocycles. The molecule has 1 unspecified atom stereocenters. The van der Waals surface area contributed by atoms with Gasteiger partial charge in [-0.15, -0.1) is 0 Å². The van der Waals surface area contributed by atoms with Gasteiger partial charge in [0.05, 0.1) is 0 Å². The number of hydrogen-bond donors (Lipinski definition) is 1. The van der Waals surface area contributed by atoms with Crippen molar-refractivity contribution in [1.29, 1.82) is 0 Å². The first-order valence-electron chi connectivity index (χ1n) is 5.50. The number of hydrogen-bond acceptors (Lipinski definition) is 2. The Morgan fingerprint density at radius 2 is 1.94 bits per heavy atom. The van der Waals surface area contributed by atoms with Gasteiger partial charge in [0.15, 0.2) is 6.10 Å². The van der Waals surface area contributed by atoms with Gasteiger partial charge in [0.2, 0.25) is 0 Å². The van der Waals surface area contributed by atoms with E-state index in [0.717, 1.165) is 6.42 Å². The summed E-state index contributed by atoms with van der Waals surface area (Å²) in [6, 6.07) is 9.03. The average molecular weight is 222 g/mol. The number of aliphatic carboxylic acids is 1. The monoisotopic (exact) mass is 222 g/mol. The Bertz CT molecular complexity index is 319. The predicted molar refractivity (Wildman–Crippen MR) is 62.2 cm³/mol. The van der Waals surface area contributed by atoms with E-state index in [0.29, 0.717) is 18.1 Å². The molecule has 0 fully saturated rings. The number of ether oxygens (including phenoxy) is 1. The Kier molecular flexibility index (Phi) is 4.99. The van der Waals surface area contributed by atoms with Crippen LogP contribution in [0.15, 0.2) is 30.3 Å². The van der Waals surface area contributed by atoms with Crippen LogP contribution in [0.3, 0.4) is 0 Å². The van der Waals surface area contributed by atoms with E-state index in [1.54, 1.807) is 12.1 Å². The summed E-state index contributed by atoms with van der Waals surface area (Å²) in [5.41, 5.74) is 0.693. The van der Waals surface area contributed by atoms with E-state index in [4.69, 9.17) is 9.84 Å². The van der Waals surface area contributed by atoms with Crippen LogP contribution in [-0.4, -0.2) is 17.7 Å². The summed E-state index contributed by atoms with van der Waals surface area (Å²) in [7, 11) is 0. The Labute approximate surface area is 96.1 Å². The van der Waals surface area contributed by atoms with Crippen molar-refractivity contribution in [2.45, 2.75) is 26.4 Å². The summed E-state index contributed by atoms with van der Waals surface area (Å²) in [5.74, 6) is -0.417. The molecule has 0 heterocycles. The molecule has 0 saturated heterocycles. The van der Waals surface area contributed by atoms with Crippen LogP contribution in [0, 0.1) is 5.92 Å². The van der Waals surface area contributed by atoms with Crippen LogP contribution < -0.4 is 0 Å². The predicted octanol–water partition coefficient (Wildman–Crippen LogP) is 2.88. The largest absolute Gasteiger partial charge is 0.479 e. The van der Waals surface area contributed by atoms with Crippen molar-refractivity contribution in [3.05, 3.63) is 35.9 Å². The molecule has 3 heteroatoms. The molecule has 0 bridgehead atoms. The molecule has 1 aromatic rings. The van der Waals surface area contributed by atoms with Crippen molar-refractivity contribution >= 4 is 5.97 Å². The van der Waals surface area contributed by atoms with Gasteiger partial charge in [0, 0.05) is 6.61 Å². The average Bonchev–Trinajstić information content (AvgIpc) is 2.25. The maximum Gasteiger partial charge on any atom is 0.337 e. The van der Waals surface area contributed by atoms with Crippen molar-refractivity contribution in [1.82, 2.24) is 0 Å². The zero-order chi connectivity index (χ0) is 12.0. The highest BCUT2D eigenvalue weighted by molar-refractivity contribution is 5.74. The second kappa shape index (κ2) is 6.28. The highest BCUT2D eigenvalue weighted by atomic mass is 16.5. The molecule has 0 aliphatic carbocycles. The van der Waals surface area contributed by atoms with Gasteiger partial charge in [-0.1, -0.05) is 44.2 Å². The number of carboxylic acid groups (broad SMARTS) is 1. The van der Waals surface area contributed by atoms with Crippen molar-refractivity contribution < 1.29 is 14.6 Å². The van der Waals surface area contributed by atoms with Crippen molar-refractivity contribution in [3.63, 3.8) is 0 Å². The van der Waals surface area contributed by atoms with E-state index in [1.165, 1.54) is 0 Å². The molecule has 1 N–H and O–H groups in total. The van der Waals surface area contributed by atoms with Crippen LogP contribution in [0.4, 0.5) is 0 Å². The number of carboxylic acids is 1. The maximum atomic E-state index is 11.1. The summed E-state index contributed by atoms with van der Waals surface area (Å²) >= 11 is 0. The Balaban J connectivity index is 2.59. The molecule has 0 amide bonds. The van der Waals surface area contributed by atoms with Crippen LogP contribution in [0.1, 0.15) is 31.9 Å². The zero-order valence-electron chi connectivity index (χ0n) is 9.72. The zero-order valence-corrected chi connectivity index (χ0v) is 9.72. The van der Waals surface area contributed by atoms with Crippen molar-refractivity contribution in [2.24, 2.45) is 5.92 Å². The topological polar surface area (TPSA) is 46.5 Å². The summed E-state index contributed by atoms with van der Waals surface area (Å²) in [6.45, 7) is 4.65. The fraction of sp³-hybridized carbons (Fsp3) is 0.462. The maximum absolute atomic E-state index is 11.1. The van der Waals surface area contributed by atoms with Crippen LogP contribution >= 0.6 is 0 Å². The van der Waals surface area contributed by atoms with Gasteiger partial charge in [-0.3, -0.25) is 0 Å². The Morgan fingerprint density at radius 3 is 2.44 bits per heavy atom. The van der Waals surface area contributed by atoms with E-state index in [-0.39, 0.29) is 0 Å². The van der Waals surface area contributed by atoms with Gasteiger partial charge in [0.1, 0.15) is 0 Å². The van der Waals surface area contributed by atoms with E-state index < -0.39 is 12.1 Å². The standard InChI is InChI=1S/C13H18O3/c1-10(2)8-9-16-12(13(14)15)11-6-4-3-5-7-11/h3-7,10,12H,8-9H2,1-2H3,(H,14,15). The normalized spacial score (nSPS) is 12.7. The minimum Gasteiger partial charge on any atom is -0.479 e. The molecular formula is C13H18O3. The summed E-state index contributed by atoms with van der Waals surface area (Å²) < 4.78 is 5.40. The lowest BCUT2D eigenvalue weighted by Crippen LogP contribution is -2.16. The van der Waals surface area contributed by atoms with Gasteiger partial charge in [-0.2, -0.15) is 0 Å². The number of carbonyl (C=O) groups is 1. The lowest BCUT2D eigenvalue weighted by Gasteiger charge is -2.14. The quantitative estimate of drug-likeness (QED) is 0.805. The lowest BCUT2D eigenvalue weighted by atomic mass is 10.1. The molecule has 0 spiro atoms. The molecule has 3 nitrogen and oxygen atoms in total. The number of rotatable bonds is 6. The third-order valence-corrected chi connectivity index (χ3v) is 2.31. The molecule has 1 aromatic carbocycles. The van der Waals surface area contributed by atoms with E-state index in [2.05, 4.69) is 13.8 Å². The van der Waals surface area contributed by atoms with Crippen LogP contribution in [-0.2, 0) is 9.53 Å². The first-order valence-corrected chi connectivity index (χ1v) is 5.50. The second-order valence-electron chi connectivity index (χ2n) is 4.18. The third-order valence-electron chi connectivity index (χ3n) is 2.31. The summed E-state index contributed by atoms with van der Waals surface area (Å²) in [5, 5.41) is 9.07. The van der Waals surface area contributed by atoms with E-state index in [9.17, 15) is 4.79 Å². The van der Waals surface area contributed by atoms with Gasteiger partial charge in [-0.05, 0) is 17.9 Å². The van der Waals surface area contributed by atoms with E-state index >= 15 is 0 Å². The van der Waals surface area contributed by atoms with Gasteiger partial charge >= 0.3 is 5.97 Å². The lowest BCUT2D eigenvalue weighted by molar-refractivity contribution is -0.151. The summed E-state index contributed by atoms with van der Waals surface area (Å²) in [4.78, 5) is 11.1. The molecule has 0 aliphatic heterocycles. The Morgan fingerprint density at radius 1 is 1.31 bits per heavy atom. The van der Waals surface area contributed by atoms with Crippen molar-refractivity contribution in [2.75, 3.05) is 6.61 Å². The highest BCUT2D eigenvalue weighted by Gasteiger charge is 2.19. The molecule has 0 radical (unpaired) electrons. The summed E-state index contributed by atoms with van der Waals surface area (Å²) in [6.07, 6.45) is 0.0244. The first kappa shape index (κ1) is 12.7. The minimum absolute atomic E-state index is 0.476. The van der Waals surface area contributed by atoms with Gasteiger partial charge in [0.25, 0.3) is 0 Å². The second-order valence-corrected chi connectivity index (χ2v) is 4.18. The van der Waals surface area contributed by atoms with Crippen LogP contribution in [0.2, 0.25) is 0 Å². The van der Waals surface area contributed by atoms with Crippen LogP contribution in [0.5, 0.6) is 0 Å². The first-order chi connectivity index (χ1) is 7.61. The van der Waals surface area contributed by atoms with Gasteiger partial charge in [-0.25, -0.2) is 4.79 Å². The fourth-order valence-electron chi connectivity index (χ4n) is 1.36. The minimum atomic E-state index is -0.935. The molecule has 0 aromatic heterocycles. The Hall–Kier alpha value is -1.35. The molecule has 1 rings (SSSR count). The smallest absolute Gasteiger partial charge is 0.337 e. The molecule has 1 atom stereocenters. The third kappa shape index (κ3) is 4.03. The molecular weight excluding hydrogens is 204 g/mol. The number of benzene rings is 1. The molecule has 88 valence electrons. The van der Waals surface area contributed by atoms with Gasteiger partial charge < -0.3 is 9.84 Å². The van der Waals surface area contributed by atoms with E-state index in [1.807, 2.05) is 18.2 Å². The molecule has 0 aliphatic rings. The van der Waals surface area contributed by atoms with Crippen LogP contribution in [0.25, 0.3) is 0 Å². The highest BCUT2D eigenvalue weighted by Crippen LogP contribution is 2.18. The fourth-order valence-corrected chi connectivity index (χ4v) is 1.36. The molecule has 16 heavy (non-hydrogen) atoms. The SMILES string of the molecule is CC(C)CCOC(C(=O)O)c1ccccc1. The van der Waals surface area contributed by atoms with Crippen molar-refractivity contribution in [3.8, 4) is 0 Å².